The number of benzene rings is 1. The van der Waals surface area contributed by atoms with E-state index in [1.165, 1.54) is 18.2 Å². The fourth-order valence-electron chi connectivity index (χ4n) is 2.57. The van der Waals surface area contributed by atoms with Crippen LogP contribution in [-0.2, 0) is 0 Å². The second-order valence-electron chi connectivity index (χ2n) is 5.04. The summed E-state index contributed by atoms with van der Waals surface area (Å²) in [5.74, 6) is -0.601. The number of nitrogens with zero attached hydrogens (tertiary/aromatic N) is 1. The molecule has 1 heterocycles. The Morgan fingerprint density at radius 3 is 2.89 bits per heavy atom. The molecule has 1 amide bonds. The normalized spacial score (nSPS) is 21.3. The third-order valence-electron chi connectivity index (χ3n) is 3.58. The number of carbonyl (C=O) groups is 1. The molecule has 5 heteroatoms. The van der Waals surface area contributed by atoms with E-state index in [1.807, 2.05) is 6.92 Å². The number of piperidine rings is 1. The zero-order valence-electron chi connectivity index (χ0n) is 10.9. The van der Waals surface area contributed by atoms with Crippen LogP contribution in [0.1, 0.15) is 36.5 Å². The third kappa shape index (κ3) is 3.07. The fraction of sp³-hybridized carbons (Fsp3) is 0.500. The highest BCUT2D eigenvalue weighted by atomic mass is 35.5. The second kappa shape index (κ2) is 5.88. The Kier molecular flexibility index (Phi) is 4.42. The van der Waals surface area contributed by atoms with Crippen molar-refractivity contribution in [2.75, 3.05) is 6.54 Å². The van der Waals surface area contributed by atoms with Gasteiger partial charge >= 0.3 is 0 Å². The third-order valence-corrected chi connectivity index (χ3v) is 3.89. The van der Waals surface area contributed by atoms with Crippen LogP contribution in [0.25, 0.3) is 0 Å². The van der Waals surface area contributed by atoms with Gasteiger partial charge in [-0.2, -0.15) is 0 Å². The van der Waals surface area contributed by atoms with Crippen molar-refractivity contribution >= 4 is 17.5 Å². The highest BCUT2D eigenvalue weighted by molar-refractivity contribution is 6.33. The molecule has 0 saturated carbocycles. The molecule has 1 aromatic rings. The van der Waals surface area contributed by atoms with Gasteiger partial charge in [0.1, 0.15) is 5.82 Å². The Labute approximate surface area is 117 Å². The minimum atomic E-state index is -0.441. The first-order valence-corrected chi connectivity index (χ1v) is 6.90. The summed E-state index contributed by atoms with van der Waals surface area (Å²) in [6.07, 6.45) is 2.95. The predicted molar refractivity (Wildman–Crippen MR) is 73.7 cm³/mol. The zero-order chi connectivity index (χ0) is 14.0. The molecule has 3 nitrogen and oxygen atoms in total. The summed E-state index contributed by atoms with van der Waals surface area (Å²) in [5.41, 5.74) is 6.29. The van der Waals surface area contributed by atoms with E-state index in [1.54, 1.807) is 4.90 Å². The van der Waals surface area contributed by atoms with Gasteiger partial charge < -0.3 is 10.6 Å². The maximum Gasteiger partial charge on any atom is 0.255 e. The molecule has 1 fully saturated rings. The van der Waals surface area contributed by atoms with Crippen LogP contribution in [0.3, 0.4) is 0 Å². The molecule has 104 valence electrons. The SMILES string of the molecule is C[C@H](N)[C@@H]1CCCCN1C(=O)c1ccc(F)cc1Cl. The van der Waals surface area contributed by atoms with E-state index < -0.39 is 5.82 Å². The fourth-order valence-corrected chi connectivity index (χ4v) is 2.82. The summed E-state index contributed by atoms with van der Waals surface area (Å²) in [6.45, 7) is 2.58. The topological polar surface area (TPSA) is 46.3 Å². The first kappa shape index (κ1) is 14.3. The van der Waals surface area contributed by atoms with E-state index in [9.17, 15) is 9.18 Å². The van der Waals surface area contributed by atoms with Crippen molar-refractivity contribution in [2.45, 2.75) is 38.3 Å². The molecule has 1 aliphatic heterocycles. The van der Waals surface area contributed by atoms with E-state index in [0.717, 1.165) is 19.3 Å². The summed E-state index contributed by atoms with van der Waals surface area (Å²) in [5, 5.41) is 0.152. The van der Waals surface area contributed by atoms with Crippen molar-refractivity contribution in [2.24, 2.45) is 5.73 Å². The zero-order valence-corrected chi connectivity index (χ0v) is 11.7. The molecule has 0 aromatic heterocycles. The summed E-state index contributed by atoms with van der Waals surface area (Å²) in [4.78, 5) is 14.3. The average molecular weight is 285 g/mol. The van der Waals surface area contributed by atoms with Gasteiger partial charge in [-0.3, -0.25) is 4.79 Å². The molecule has 2 N–H and O–H groups in total. The standard InChI is InChI=1S/C14H18ClFN2O/c1-9(17)13-4-2-3-7-18(13)14(19)11-6-5-10(16)8-12(11)15/h5-6,8-9,13H,2-4,7,17H2,1H3/t9-,13-/m0/s1. The number of likely N-dealkylation sites (tertiary alicyclic amines) is 1. The molecule has 0 spiro atoms. The largest absolute Gasteiger partial charge is 0.334 e. The van der Waals surface area contributed by atoms with Gasteiger partial charge in [-0.05, 0) is 44.4 Å². The number of carbonyl (C=O) groups excluding carboxylic acids is 1. The predicted octanol–water partition coefficient (Wildman–Crippen LogP) is 2.82. The Morgan fingerprint density at radius 1 is 1.53 bits per heavy atom. The molecule has 1 aliphatic rings. The summed E-state index contributed by atoms with van der Waals surface area (Å²) < 4.78 is 13.0. The number of hydrogen-bond donors (Lipinski definition) is 1. The van der Waals surface area contributed by atoms with E-state index >= 15 is 0 Å². The highest BCUT2D eigenvalue weighted by Crippen LogP contribution is 2.25. The second-order valence-corrected chi connectivity index (χ2v) is 5.45. The average Bonchev–Trinajstić information content (AvgIpc) is 2.38. The first-order chi connectivity index (χ1) is 9.00. The van der Waals surface area contributed by atoms with Crippen LogP contribution < -0.4 is 5.73 Å². The lowest BCUT2D eigenvalue weighted by Crippen LogP contribution is -2.51. The molecule has 2 rings (SSSR count). The van der Waals surface area contributed by atoms with Gasteiger partial charge in [-0.1, -0.05) is 11.6 Å². The minimum Gasteiger partial charge on any atom is -0.334 e. The Hall–Kier alpha value is -1.13. The van der Waals surface area contributed by atoms with Gasteiger partial charge in [-0.25, -0.2) is 4.39 Å². The summed E-state index contributed by atoms with van der Waals surface area (Å²) in [7, 11) is 0. The quantitative estimate of drug-likeness (QED) is 0.908. The molecule has 0 radical (unpaired) electrons. The van der Waals surface area contributed by atoms with Gasteiger partial charge in [0.05, 0.1) is 10.6 Å². The lowest BCUT2D eigenvalue weighted by Gasteiger charge is -2.38. The molecule has 1 aromatic carbocycles. The minimum absolute atomic E-state index is 0.0300. The van der Waals surface area contributed by atoms with Crippen molar-refractivity contribution in [3.05, 3.63) is 34.6 Å². The van der Waals surface area contributed by atoms with Crippen molar-refractivity contribution in [3.63, 3.8) is 0 Å². The molecule has 0 unspecified atom stereocenters. The van der Waals surface area contributed by atoms with E-state index in [4.69, 9.17) is 17.3 Å². The van der Waals surface area contributed by atoms with Crippen LogP contribution in [0, 0.1) is 5.82 Å². The summed E-state index contributed by atoms with van der Waals surface area (Å²) >= 11 is 5.95. The van der Waals surface area contributed by atoms with Crippen LogP contribution in [0.2, 0.25) is 5.02 Å². The molecule has 1 saturated heterocycles. The smallest absolute Gasteiger partial charge is 0.255 e. The summed E-state index contributed by atoms with van der Waals surface area (Å²) in [6, 6.07) is 3.81. The van der Waals surface area contributed by atoms with Crippen LogP contribution >= 0.6 is 11.6 Å². The van der Waals surface area contributed by atoms with Gasteiger partial charge in [0.25, 0.3) is 5.91 Å². The number of halogens is 2. The lowest BCUT2D eigenvalue weighted by molar-refractivity contribution is 0.0584. The Balaban J connectivity index is 2.26. The van der Waals surface area contributed by atoms with Gasteiger partial charge in [0.15, 0.2) is 0 Å². The van der Waals surface area contributed by atoms with Crippen LogP contribution in [-0.4, -0.2) is 29.4 Å². The maximum atomic E-state index is 13.0. The monoisotopic (exact) mass is 284 g/mol. The van der Waals surface area contributed by atoms with E-state index in [2.05, 4.69) is 0 Å². The van der Waals surface area contributed by atoms with Gasteiger partial charge in [-0.15, -0.1) is 0 Å². The Bertz CT molecular complexity index is 479. The van der Waals surface area contributed by atoms with Gasteiger partial charge in [0, 0.05) is 18.6 Å². The van der Waals surface area contributed by atoms with Crippen molar-refractivity contribution in [3.8, 4) is 0 Å². The molecule has 0 aliphatic carbocycles. The van der Waals surface area contributed by atoms with Crippen LogP contribution in [0.15, 0.2) is 18.2 Å². The first-order valence-electron chi connectivity index (χ1n) is 6.52. The molecular weight excluding hydrogens is 267 g/mol. The molecular formula is C14H18ClFN2O. The number of nitrogens with two attached hydrogens (primary N) is 1. The lowest BCUT2D eigenvalue weighted by atomic mass is 9.96. The van der Waals surface area contributed by atoms with Crippen molar-refractivity contribution in [1.82, 2.24) is 4.90 Å². The van der Waals surface area contributed by atoms with E-state index in [0.29, 0.717) is 12.1 Å². The van der Waals surface area contributed by atoms with Crippen molar-refractivity contribution < 1.29 is 9.18 Å². The Morgan fingerprint density at radius 2 is 2.26 bits per heavy atom. The number of amides is 1. The van der Waals surface area contributed by atoms with Gasteiger partial charge in [0.2, 0.25) is 0 Å². The van der Waals surface area contributed by atoms with Crippen LogP contribution in [0.5, 0.6) is 0 Å². The van der Waals surface area contributed by atoms with Crippen LogP contribution in [0.4, 0.5) is 4.39 Å². The molecule has 19 heavy (non-hydrogen) atoms. The van der Waals surface area contributed by atoms with Crippen molar-refractivity contribution in [1.29, 1.82) is 0 Å². The highest BCUT2D eigenvalue weighted by Gasteiger charge is 2.30. The maximum absolute atomic E-state index is 13.0. The molecule has 2 atom stereocenters. The van der Waals surface area contributed by atoms with E-state index in [-0.39, 0.29) is 23.0 Å². The molecule has 0 bridgehead atoms. The number of rotatable bonds is 2. The number of hydrogen-bond acceptors (Lipinski definition) is 2.